The van der Waals surface area contributed by atoms with Gasteiger partial charge in [0.1, 0.15) is 5.82 Å². The molecule has 17 heavy (non-hydrogen) atoms. The average molecular weight is 237 g/mol. The monoisotopic (exact) mass is 237 g/mol. The summed E-state index contributed by atoms with van der Waals surface area (Å²) in [5, 5.41) is 3.36. The van der Waals surface area contributed by atoms with E-state index in [1.807, 2.05) is 19.4 Å². The van der Waals surface area contributed by atoms with Gasteiger partial charge in [-0.15, -0.1) is 0 Å². The molecule has 2 atom stereocenters. The van der Waals surface area contributed by atoms with E-state index in [9.17, 15) is 0 Å². The Kier molecular flexibility index (Phi) is 4.57. The quantitative estimate of drug-likeness (QED) is 0.823. The molecule has 1 aromatic rings. The van der Waals surface area contributed by atoms with Gasteiger partial charge in [-0.1, -0.05) is 0 Å². The Morgan fingerprint density at radius 3 is 3.18 bits per heavy atom. The number of aromatic nitrogens is 2. The summed E-state index contributed by atoms with van der Waals surface area (Å²) >= 11 is 0. The molecule has 0 amide bonds. The fourth-order valence-corrected chi connectivity index (χ4v) is 2.53. The molecular weight excluding hydrogens is 214 g/mol. The predicted octanol–water partition coefficient (Wildman–Crippen LogP) is 2.12. The third-order valence-corrected chi connectivity index (χ3v) is 3.55. The lowest BCUT2D eigenvalue weighted by atomic mass is 10.1. The maximum Gasteiger partial charge on any atom is 0.125 e. The van der Waals surface area contributed by atoms with Crippen molar-refractivity contribution in [2.24, 2.45) is 0 Å². The zero-order valence-electron chi connectivity index (χ0n) is 10.9. The molecule has 1 fully saturated rings. The number of hydrogen-bond donors (Lipinski definition) is 1. The van der Waals surface area contributed by atoms with Crippen LogP contribution in [0.4, 0.5) is 0 Å². The van der Waals surface area contributed by atoms with Crippen LogP contribution in [0, 0.1) is 0 Å². The molecule has 2 unspecified atom stereocenters. The van der Waals surface area contributed by atoms with Gasteiger partial charge in [0.15, 0.2) is 0 Å². The van der Waals surface area contributed by atoms with E-state index in [4.69, 9.17) is 4.74 Å². The Labute approximate surface area is 103 Å². The molecule has 96 valence electrons. The lowest BCUT2D eigenvalue weighted by Gasteiger charge is -2.18. The molecule has 0 aromatic carbocycles. The molecule has 0 spiro atoms. The third-order valence-electron chi connectivity index (χ3n) is 3.55. The molecule has 0 radical (unpaired) electrons. The highest BCUT2D eigenvalue weighted by atomic mass is 16.5. The molecule has 1 aromatic heterocycles. The molecule has 1 N–H and O–H groups in total. The van der Waals surface area contributed by atoms with Gasteiger partial charge >= 0.3 is 0 Å². The zero-order valence-corrected chi connectivity index (χ0v) is 10.9. The molecule has 4 nitrogen and oxygen atoms in total. The summed E-state index contributed by atoms with van der Waals surface area (Å²) in [4.78, 5) is 4.46. The molecule has 0 aliphatic carbocycles. The number of aryl methyl sites for hydroxylation is 1. The van der Waals surface area contributed by atoms with E-state index in [2.05, 4.69) is 21.8 Å². The van der Waals surface area contributed by atoms with Crippen LogP contribution in [0.25, 0.3) is 0 Å². The highest BCUT2D eigenvalue weighted by molar-refractivity contribution is 4.99. The van der Waals surface area contributed by atoms with Gasteiger partial charge in [-0.2, -0.15) is 0 Å². The number of nitrogens with zero attached hydrogens (tertiary/aromatic N) is 2. The minimum absolute atomic E-state index is 0.342. The topological polar surface area (TPSA) is 39.1 Å². The molecule has 0 bridgehead atoms. The minimum atomic E-state index is 0.342. The second kappa shape index (κ2) is 6.17. The normalized spacial score (nSPS) is 21.9. The minimum Gasteiger partial charge on any atom is -0.378 e. The van der Waals surface area contributed by atoms with Crippen molar-refractivity contribution in [2.75, 3.05) is 13.7 Å². The van der Waals surface area contributed by atoms with Crippen LogP contribution in [0.3, 0.4) is 0 Å². The van der Waals surface area contributed by atoms with Gasteiger partial charge in [-0.25, -0.2) is 4.98 Å². The summed E-state index contributed by atoms with van der Waals surface area (Å²) in [6.07, 6.45) is 9.06. The van der Waals surface area contributed by atoms with E-state index >= 15 is 0 Å². The maximum atomic E-state index is 5.67. The van der Waals surface area contributed by atoms with Crippen molar-refractivity contribution in [1.29, 1.82) is 0 Å². The van der Waals surface area contributed by atoms with Crippen molar-refractivity contribution in [2.45, 2.75) is 51.3 Å². The Hall–Kier alpha value is -0.870. The van der Waals surface area contributed by atoms with E-state index in [1.54, 1.807) is 0 Å². The van der Waals surface area contributed by atoms with Gasteiger partial charge in [0, 0.05) is 25.5 Å². The molecule has 2 heterocycles. The van der Waals surface area contributed by atoms with Crippen LogP contribution < -0.4 is 5.32 Å². The van der Waals surface area contributed by atoms with Gasteiger partial charge in [-0.3, -0.25) is 0 Å². The Bertz CT molecular complexity index is 331. The van der Waals surface area contributed by atoms with Crippen LogP contribution in [0.15, 0.2) is 12.4 Å². The first-order chi connectivity index (χ1) is 8.35. The third kappa shape index (κ3) is 3.07. The summed E-state index contributed by atoms with van der Waals surface area (Å²) < 4.78 is 7.87. The summed E-state index contributed by atoms with van der Waals surface area (Å²) in [5.74, 6) is 1.15. The standard InChI is InChI=1S/C13H23N3O/c1-3-16-9-8-15-13(16)12(14-2)7-6-11-5-4-10-17-11/h8-9,11-12,14H,3-7,10H2,1-2H3. The van der Waals surface area contributed by atoms with Crippen molar-refractivity contribution in [3.63, 3.8) is 0 Å². The lowest BCUT2D eigenvalue weighted by Crippen LogP contribution is -2.22. The number of nitrogens with one attached hydrogen (secondary N) is 1. The van der Waals surface area contributed by atoms with Crippen molar-refractivity contribution in [3.05, 3.63) is 18.2 Å². The average Bonchev–Trinajstić information content (AvgIpc) is 3.00. The highest BCUT2D eigenvalue weighted by Gasteiger charge is 2.20. The zero-order chi connectivity index (χ0) is 12.1. The fourth-order valence-electron chi connectivity index (χ4n) is 2.53. The van der Waals surface area contributed by atoms with Crippen molar-refractivity contribution in [3.8, 4) is 0 Å². The van der Waals surface area contributed by atoms with Gasteiger partial charge in [-0.05, 0) is 39.7 Å². The summed E-state index contributed by atoms with van der Waals surface area (Å²) in [6, 6.07) is 0.342. The molecule has 1 aliphatic rings. The van der Waals surface area contributed by atoms with Crippen molar-refractivity contribution >= 4 is 0 Å². The Balaban J connectivity index is 1.91. The van der Waals surface area contributed by atoms with E-state index in [-0.39, 0.29) is 0 Å². The Morgan fingerprint density at radius 1 is 1.65 bits per heavy atom. The first-order valence-corrected chi connectivity index (χ1v) is 6.65. The van der Waals surface area contributed by atoms with E-state index in [1.165, 1.54) is 12.8 Å². The fraction of sp³-hybridized carbons (Fsp3) is 0.769. The number of rotatable bonds is 6. The summed E-state index contributed by atoms with van der Waals surface area (Å²) in [7, 11) is 2.01. The van der Waals surface area contributed by atoms with E-state index in [0.717, 1.165) is 31.8 Å². The second-order valence-corrected chi connectivity index (χ2v) is 4.63. The van der Waals surface area contributed by atoms with Crippen molar-refractivity contribution in [1.82, 2.24) is 14.9 Å². The van der Waals surface area contributed by atoms with Crippen molar-refractivity contribution < 1.29 is 4.74 Å². The molecule has 0 saturated carbocycles. The number of ether oxygens (including phenoxy) is 1. The van der Waals surface area contributed by atoms with Crippen LogP contribution in [-0.2, 0) is 11.3 Å². The largest absolute Gasteiger partial charge is 0.378 e. The summed E-state index contributed by atoms with van der Waals surface area (Å²) in [5.41, 5.74) is 0. The van der Waals surface area contributed by atoms with Crippen LogP contribution in [-0.4, -0.2) is 29.3 Å². The van der Waals surface area contributed by atoms with Crippen LogP contribution in [0.5, 0.6) is 0 Å². The molecule has 4 heteroatoms. The number of hydrogen-bond acceptors (Lipinski definition) is 3. The first-order valence-electron chi connectivity index (χ1n) is 6.65. The smallest absolute Gasteiger partial charge is 0.125 e. The second-order valence-electron chi connectivity index (χ2n) is 4.63. The van der Waals surface area contributed by atoms with Crippen LogP contribution in [0.2, 0.25) is 0 Å². The van der Waals surface area contributed by atoms with Crippen LogP contribution >= 0.6 is 0 Å². The van der Waals surface area contributed by atoms with Gasteiger partial charge in [0.2, 0.25) is 0 Å². The maximum absolute atomic E-state index is 5.67. The SMILES string of the molecule is CCn1ccnc1C(CCC1CCCO1)NC. The molecular formula is C13H23N3O. The molecule has 2 rings (SSSR count). The van der Waals surface area contributed by atoms with E-state index in [0.29, 0.717) is 12.1 Å². The Morgan fingerprint density at radius 2 is 2.53 bits per heavy atom. The highest BCUT2D eigenvalue weighted by Crippen LogP contribution is 2.23. The lowest BCUT2D eigenvalue weighted by molar-refractivity contribution is 0.0994. The van der Waals surface area contributed by atoms with E-state index < -0.39 is 0 Å². The van der Waals surface area contributed by atoms with Gasteiger partial charge in [0.25, 0.3) is 0 Å². The number of imidazole rings is 1. The van der Waals surface area contributed by atoms with Gasteiger partial charge < -0.3 is 14.6 Å². The molecule has 1 aliphatic heterocycles. The molecule has 1 saturated heterocycles. The van der Waals surface area contributed by atoms with Crippen LogP contribution in [0.1, 0.15) is 44.5 Å². The van der Waals surface area contributed by atoms with Gasteiger partial charge in [0.05, 0.1) is 12.1 Å². The first kappa shape index (κ1) is 12.6. The predicted molar refractivity (Wildman–Crippen MR) is 67.9 cm³/mol. The summed E-state index contributed by atoms with van der Waals surface area (Å²) in [6.45, 7) is 4.07.